The Balaban J connectivity index is 0.928. The quantitative estimate of drug-likeness (QED) is 0.0136. The van der Waals surface area contributed by atoms with Gasteiger partial charge in [-0.1, -0.05) is 25.0 Å². The van der Waals surface area contributed by atoms with E-state index in [4.69, 9.17) is 9.52 Å². The number of carbonyl (C=O) groups excluding carboxylic acids is 4. The van der Waals surface area contributed by atoms with Gasteiger partial charge >= 0.3 is 35.9 Å². The van der Waals surface area contributed by atoms with E-state index in [0.717, 1.165) is 0 Å². The molecule has 0 fully saturated rings. The molecule has 0 aliphatic heterocycles. The zero-order valence-electron chi connectivity index (χ0n) is 41.7. The molecule has 0 saturated heterocycles. The van der Waals surface area contributed by atoms with Crippen LogP contribution in [0.15, 0.2) is 88.1 Å². The molecule has 1 aromatic heterocycles. The lowest BCUT2D eigenvalue weighted by Gasteiger charge is -2.18. The number of phenolic OH excluding ortho intramolecular Hbond substituents is 1. The maximum absolute atomic E-state index is 13.6. The number of rotatable bonds is 29. The van der Waals surface area contributed by atoms with E-state index in [2.05, 4.69) is 26.6 Å². The number of carboxylic acid groups (broad SMARTS) is 5. The van der Waals surface area contributed by atoms with E-state index in [1.165, 1.54) is 36.4 Å². The van der Waals surface area contributed by atoms with Crippen molar-refractivity contribution in [3.8, 4) is 16.9 Å². The van der Waals surface area contributed by atoms with Crippen molar-refractivity contribution < 1.29 is 78.2 Å². The Morgan fingerprint density at radius 2 is 1.03 bits per heavy atom. The third-order valence-corrected chi connectivity index (χ3v) is 12.9. The minimum Gasteiger partial charge on any atom is -0.508 e. The van der Waals surface area contributed by atoms with Crippen molar-refractivity contribution in [2.45, 2.75) is 108 Å². The summed E-state index contributed by atoms with van der Waals surface area (Å²) in [5.41, 5.74) is 1.33. The number of urea groups is 1. The van der Waals surface area contributed by atoms with Crippen molar-refractivity contribution in [3.05, 3.63) is 100 Å². The fourth-order valence-corrected chi connectivity index (χ4v) is 8.95. The number of hydrogen-bond donors (Lipinski definition) is 11. The smallest absolute Gasteiger partial charge is 0.336 e. The number of carbonyl (C=O) groups is 9. The van der Waals surface area contributed by atoms with E-state index < -0.39 is 78.7 Å². The van der Waals surface area contributed by atoms with Crippen LogP contribution in [0, 0.1) is 0 Å². The van der Waals surface area contributed by atoms with Gasteiger partial charge in [0.15, 0.2) is 5.43 Å². The molecule has 22 heteroatoms. The fourth-order valence-electron chi connectivity index (χ4n) is 8.95. The van der Waals surface area contributed by atoms with E-state index in [9.17, 15) is 73.5 Å². The summed E-state index contributed by atoms with van der Waals surface area (Å²) in [6.07, 6.45) is 2.98. The molecule has 0 saturated carbocycles. The monoisotopic (exact) mass is 1060 g/mol. The van der Waals surface area contributed by atoms with Gasteiger partial charge in [0.05, 0.1) is 5.56 Å². The van der Waals surface area contributed by atoms with Crippen LogP contribution in [0.5, 0.6) is 5.75 Å². The third kappa shape index (κ3) is 15.7. The molecular formula is C55H59N5O17. The number of aliphatic carboxylic acids is 4. The highest BCUT2D eigenvalue weighted by Crippen LogP contribution is 2.43. The number of unbranched alkanes of at least 4 members (excludes halogenated alkanes) is 5. The summed E-state index contributed by atoms with van der Waals surface area (Å²) in [5.74, 6) is -7.71. The summed E-state index contributed by atoms with van der Waals surface area (Å²) in [5, 5.41) is 73.8. The van der Waals surface area contributed by atoms with Crippen LogP contribution in [0.1, 0.15) is 111 Å². The summed E-state index contributed by atoms with van der Waals surface area (Å²) in [6, 6.07) is 15.4. The molecule has 6 aromatic rings. The number of nitrogens with one attached hydrogen (secondary N) is 5. The first-order valence-electron chi connectivity index (χ1n) is 25.1. The lowest BCUT2D eigenvalue weighted by atomic mass is 9.90. The highest BCUT2D eigenvalue weighted by Gasteiger charge is 2.26. The predicted molar refractivity (Wildman–Crippen MR) is 281 cm³/mol. The number of fused-ring (bicyclic) bond motifs is 6. The second kappa shape index (κ2) is 26.9. The molecule has 6 rings (SSSR count). The standard InChI is InChI=1S/C55H59N5O17/c61-33-16-21-35-30(27-33)13-19-38-47(39-20-14-31-28-34(62)17-22-36(31)49(39)77-48(35)38)40-29-32(15-18-37(40)51(68)69)50(67)57-26-8-6-9-41(52(70)71)58-45(64)12-4-2-1-3-11-44(63)56-25-7-5-10-42(53(72)73)59-55(76)60-43(54(74)75)23-24-46(65)66/h13-22,27-29,41-43,61H,1-12,23-26H2,(H,56,63)(H,57,67)(H,58,64)(H,65,66)(H,68,69)(H,70,71)(H,72,73)(H,74,75)(H2,59,60,76)/t41?,42-,43+/m0/s1. The Bertz CT molecular complexity index is 3300. The van der Waals surface area contributed by atoms with Gasteiger partial charge in [0, 0.05) is 65.0 Å². The van der Waals surface area contributed by atoms with Crippen molar-refractivity contribution in [1.82, 2.24) is 26.6 Å². The van der Waals surface area contributed by atoms with Gasteiger partial charge in [0.2, 0.25) is 11.8 Å². The molecule has 22 nitrogen and oxygen atoms in total. The van der Waals surface area contributed by atoms with Crippen molar-refractivity contribution in [1.29, 1.82) is 0 Å². The van der Waals surface area contributed by atoms with Gasteiger partial charge < -0.3 is 61.6 Å². The Hall–Kier alpha value is -9.08. The van der Waals surface area contributed by atoms with Gasteiger partial charge in [-0.05, 0) is 141 Å². The van der Waals surface area contributed by atoms with E-state index >= 15 is 0 Å². The normalized spacial score (nSPS) is 12.4. The predicted octanol–water partition coefficient (Wildman–Crippen LogP) is 6.49. The zero-order chi connectivity index (χ0) is 55.8. The number of aromatic hydroxyl groups is 1. The van der Waals surface area contributed by atoms with E-state index in [1.54, 1.807) is 42.5 Å². The van der Waals surface area contributed by atoms with Crippen LogP contribution in [0.25, 0.3) is 54.6 Å². The Labute approximate surface area is 438 Å². The van der Waals surface area contributed by atoms with Crippen LogP contribution >= 0.6 is 0 Å². The van der Waals surface area contributed by atoms with Crippen molar-refractivity contribution >= 4 is 97.1 Å². The molecule has 0 radical (unpaired) electrons. The van der Waals surface area contributed by atoms with Gasteiger partial charge in [-0.25, -0.2) is 24.0 Å². The van der Waals surface area contributed by atoms with Crippen LogP contribution in [0.3, 0.4) is 0 Å². The van der Waals surface area contributed by atoms with E-state index in [0.29, 0.717) is 100 Å². The van der Waals surface area contributed by atoms with Crippen molar-refractivity contribution in [2.75, 3.05) is 13.1 Å². The first kappa shape index (κ1) is 57.2. The van der Waals surface area contributed by atoms with Crippen molar-refractivity contribution in [2.24, 2.45) is 0 Å². The number of aromatic carboxylic acids is 1. The molecule has 3 atom stereocenters. The molecule has 5 amide bonds. The average molecular weight is 1060 g/mol. The largest absolute Gasteiger partial charge is 0.508 e. The number of carboxylic acids is 5. The first-order valence-corrected chi connectivity index (χ1v) is 25.1. The van der Waals surface area contributed by atoms with Crippen molar-refractivity contribution in [3.63, 3.8) is 0 Å². The number of amides is 5. The summed E-state index contributed by atoms with van der Waals surface area (Å²) in [4.78, 5) is 122. The molecule has 406 valence electrons. The van der Waals surface area contributed by atoms with E-state index in [-0.39, 0.29) is 72.5 Å². The van der Waals surface area contributed by atoms with Gasteiger partial charge in [0.25, 0.3) is 5.91 Å². The second-order valence-corrected chi connectivity index (χ2v) is 18.5. The highest BCUT2D eigenvalue weighted by atomic mass is 16.4. The maximum Gasteiger partial charge on any atom is 0.336 e. The van der Waals surface area contributed by atoms with Crippen LogP contribution in [0.2, 0.25) is 0 Å². The van der Waals surface area contributed by atoms with Gasteiger partial charge in [-0.2, -0.15) is 0 Å². The molecule has 1 heterocycles. The average Bonchev–Trinajstić information content (AvgIpc) is 3.44. The number of benzene rings is 5. The summed E-state index contributed by atoms with van der Waals surface area (Å²) >= 11 is 0. The fraction of sp³-hybridized carbons (Fsp3) is 0.345. The Kier molecular flexibility index (Phi) is 20.0. The molecular weight excluding hydrogens is 1000 g/mol. The molecule has 1 unspecified atom stereocenters. The van der Waals surface area contributed by atoms with Crippen LogP contribution in [-0.2, 0) is 28.8 Å². The molecule has 0 spiro atoms. The number of phenols is 1. The highest BCUT2D eigenvalue weighted by molar-refractivity contribution is 6.21. The molecule has 0 aliphatic carbocycles. The summed E-state index contributed by atoms with van der Waals surface area (Å²) in [6.45, 7) is 0.378. The summed E-state index contributed by atoms with van der Waals surface area (Å²) in [7, 11) is 0. The topological polar surface area (TPSA) is 365 Å². The van der Waals surface area contributed by atoms with Gasteiger partial charge in [0.1, 0.15) is 35.0 Å². The minimum atomic E-state index is -1.53. The lowest BCUT2D eigenvalue weighted by Crippen LogP contribution is -2.51. The van der Waals surface area contributed by atoms with Crippen LogP contribution < -0.4 is 32.0 Å². The third-order valence-electron chi connectivity index (χ3n) is 12.9. The van der Waals surface area contributed by atoms with Crippen LogP contribution in [0.4, 0.5) is 4.79 Å². The first-order chi connectivity index (χ1) is 36.8. The zero-order valence-corrected chi connectivity index (χ0v) is 41.7. The Morgan fingerprint density at radius 1 is 0.494 bits per heavy atom. The van der Waals surface area contributed by atoms with Gasteiger partial charge in [-0.15, -0.1) is 0 Å². The molecule has 11 N–H and O–H groups in total. The molecule has 5 aromatic carbocycles. The summed E-state index contributed by atoms with van der Waals surface area (Å²) < 4.78 is 6.59. The maximum atomic E-state index is 13.6. The molecule has 0 bridgehead atoms. The van der Waals surface area contributed by atoms with E-state index in [1.807, 2.05) is 0 Å². The molecule has 0 aliphatic rings. The SMILES string of the molecule is O=C(O)CC[C@@H](NC(=O)N[C@@H](CCCCNC(=O)CCCCCCC(=O)NC(CCCCNC(=O)c1ccc(C(=O)O)c(-c2c3ccc4cc(O)ccc4c3oc3c2ccc2cc(=O)ccc23)c1)C(=O)O)C(=O)O)C(=O)O. The lowest BCUT2D eigenvalue weighted by molar-refractivity contribution is -0.142. The minimum absolute atomic E-state index is 0.0186. The van der Waals surface area contributed by atoms with Crippen LogP contribution in [-0.4, -0.2) is 115 Å². The molecule has 77 heavy (non-hydrogen) atoms. The Morgan fingerprint density at radius 3 is 1.61 bits per heavy atom. The van der Waals surface area contributed by atoms with Gasteiger partial charge in [-0.3, -0.25) is 24.0 Å². The second-order valence-electron chi connectivity index (χ2n) is 18.5. The number of hydrogen-bond acceptors (Lipinski definition) is 12.